The second kappa shape index (κ2) is 7.90. The normalized spacial score (nSPS) is 12.2. The van der Waals surface area contributed by atoms with E-state index in [0.29, 0.717) is 18.1 Å². The van der Waals surface area contributed by atoms with Crippen LogP contribution in [0.15, 0.2) is 75.9 Å². The van der Waals surface area contributed by atoms with Gasteiger partial charge in [-0.05, 0) is 21.5 Å². The van der Waals surface area contributed by atoms with Crippen molar-refractivity contribution in [2.24, 2.45) is 0 Å². The maximum Gasteiger partial charge on any atom is 0.233 e. The summed E-state index contributed by atoms with van der Waals surface area (Å²) in [6.45, 7) is 0.510. The quantitative estimate of drug-likeness (QED) is 0.446. The van der Waals surface area contributed by atoms with Gasteiger partial charge in [-0.15, -0.1) is 0 Å². The number of benzene rings is 2. The topological polar surface area (TPSA) is 60.2 Å². The summed E-state index contributed by atoms with van der Waals surface area (Å²) in [5.74, 6) is 1.43. The molecule has 0 aliphatic carbocycles. The molecule has 4 aromatic rings. The van der Waals surface area contributed by atoms with Crippen LogP contribution in [0.1, 0.15) is 11.6 Å². The molecular formula is C21H18BrN3O2. The van der Waals surface area contributed by atoms with Crippen molar-refractivity contribution in [2.75, 3.05) is 19.0 Å². The van der Waals surface area contributed by atoms with E-state index in [9.17, 15) is 0 Å². The first-order valence-corrected chi connectivity index (χ1v) is 9.36. The average molecular weight is 424 g/mol. The third-order valence-corrected chi connectivity index (χ3v) is 5.07. The van der Waals surface area contributed by atoms with E-state index in [2.05, 4.69) is 43.3 Å². The number of nitrogens with one attached hydrogen (secondary N) is 1. The second-order valence-electron chi connectivity index (χ2n) is 6.08. The van der Waals surface area contributed by atoms with E-state index in [4.69, 9.17) is 9.15 Å². The summed E-state index contributed by atoms with van der Waals surface area (Å²) in [5, 5.41) is 4.29. The van der Waals surface area contributed by atoms with Crippen molar-refractivity contribution in [3.8, 4) is 11.3 Å². The van der Waals surface area contributed by atoms with Gasteiger partial charge in [0.15, 0.2) is 5.76 Å². The smallest absolute Gasteiger partial charge is 0.233 e. The number of furan rings is 1. The Hall–Kier alpha value is -2.70. The van der Waals surface area contributed by atoms with Crippen molar-refractivity contribution < 1.29 is 9.15 Å². The molecule has 0 saturated carbocycles. The molecule has 0 aliphatic rings. The van der Waals surface area contributed by atoms with E-state index in [1.54, 1.807) is 7.11 Å². The van der Waals surface area contributed by atoms with Gasteiger partial charge in [0.1, 0.15) is 12.1 Å². The van der Waals surface area contributed by atoms with Crippen molar-refractivity contribution >= 4 is 32.8 Å². The van der Waals surface area contributed by atoms with Crippen molar-refractivity contribution in [1.82, 2.24) is 9.97 Å². The fourth-order valence-corrected chi connectivity index (χ4v) is 3.69. The van der Waals surface area contributed by atoms with Crippen LogP contribution in [0.3, 0.4) is 0 Å². The lowest BCUT2D eigenvalue weighted by atomic mass is 10.1. The zero-order chi connectivity index (χ0) is 18.6. The molecule has 2 heterocycles. The van der Waals surface area contributed by atoms with Gasteiger partial charge in [0.25, 0.3) is 0 Å². The number of hydrogen-bond acceptors (Lipinski definition) is 5. The first-order chi connectivity index (χ1) is 13.3. The van der Waals surface area contributed by atoms with Gasteiger partial charge >= 0.3 is 0 Å². The Labute approximate surface area is 165 Å². The molecule has 1 N–H and O–H groups in total. The average Bonchev–Trinajstić information content (AvgIpc) is 3.06. The van der Waals surface area contributed by atoms with Crippen LogP contribution in [0.25, 0.3) is 22.4 Å². The lowest BCUT2D eigenvalue weighted by Crippen LogP contribution is -2.17. The van der Waals surface area contributed by atoms with E-state index in [1.807, 2.05) is 48.5 Å². The summed E-state index contributed by atoms with van der Waals surface area (Å²) in [5.41, 5.74) is 2.63. The Kier molecular flexibility index (Phi) is 5.18. The summed E-state index contributed by atoms with van der Waals surface area (Å²) in [7, 11) is 1.69. The third-order valence-electron chi connectivity index (χ3n) is 4.31. The highest BCUT2D eigenvalue weighted by molar-refractivity contribution is 9.10. The fraction of sp³-hybridized carbons (Fsp3) is 0.143. The first kappa shape index (κ1) is 17.7. The number of rotatable bonds is 6. The summed E-state index contributed by atoms with van der Waals surface area (Å²) in [6, 6.07) is 20.0. The lowest BCUT2D eigenvalue weighted by Gasteiger charge is -2.19. The first-order valence-electron chi connectivity index (χ1n) is 8.56. The molecule has 1 unspecified atom stereocenters. The van der Waals surface area contributed by atoms with E-state index in [-0.39, 0.29) is 6.04 Å². The molecular weight excluding hydrogens is 406 g/mol. The highest BCUT2D eigenvalue weighted by atomic mass is 79.9. The van der Waals surface area contributed by atoms with E-state index >= 15 is 0 Å². The number of methoxy groups -OCH3 is 1. The number of ether oxygens (including phenoxy) is 1. The van der Waals surface area contributed by atoms with Crippen LogP contribution in [0.2, 0.25) is 0 Å². The van der Waals surface area contributed by atoms with Gasteiger partial charge in [-0.25, -0.2) is 9.97 Å². The number of fused-ring (bicyclic) bond motifs is 1. The molecule has 6 heteroatoms. The molecule has 0 saturated heterocycles. The van der Waals surface area contributed by atoms with Crippen molar-refractivity contribution in [2.45, 2.75) is 6.04 Å². The van der Waals surface area contributed by atoms with Gasteiger partial charge in [0, 0.05) is 12.7 Å². The summed E-state index contributed by atoms with van der Waals surface area (Å²) < 4.78 is 12.2. The Morgan fingerprint density at radius 3 is 2.44 bits per heavy atom. The molecule has 2 aromatic carbocycles. The number of nitrogens with zero attached hydrogens (tertiary/aromatic N) is 2. The molecule has 4 rings (SSSR count). The highest BCUT2D eigenvalue weighted by Crippen LogP contribution is 2.40. The molecule has 0 radical (unpaired) electrons. The predicted molar refractivity (Wildman–Crippen MR) is 110 cm³/mol. The van der Waals surface area contributed by atoms with Crippen molar-refractivity contribution in [3.63, 3.8) is 0 Å². The highest BCUT2D eigenvalue weighted by Gasteiger charge is 2.21. The monoisotopic (exact) mass is 423 g/mol. The molecule has 5 nitrogen and oxygen atoms in total. The molecule has 1 atom stereocenters. The summed E-state index contributed by atoms with van der Waals surface area (Å²) in [6.07, 6.45) is 1.50. The zero-order valence-corrected chi connectivity index (χ0v) is 16.3. The molecule has 0 amide bonds. The van der Waals surface area contributed by atoms with Crippen LogP contribution in [-0.2, 0) is 4.74 Å². The van der Waals surface area contributed by atoms with Crippen LogP contribution in [0, 0.1) is 0 Å². The summed E-state index contributed by atoms with van der Waals surface area (Å²) in [4.78, 5) is 8.75. The van der Waals surface area contributed by atoms with Crippen LogP contribution in [-0.4, -0.2) is 23.7 Å². The van der Waals surface area contributed by atoms with Gasteiger partial charge in [-0.2, -0.15) is 0 Å². The third kappa shape index (κ3) is 3.59. The van der Waals surface area contributed by atoms with Gasteiger partial charge in [-0.1, -0.05) is 60.7 Å². The predicted octanol–water partition coefficient (Wildman–Crippen LogP) is 5.45. The van der Waals surface area contributed by atoms with Crippen LogP contribution in [0.5, 0.6) is 0 Å². The number of aromatic nitrogens is 2. The largest absolute Gasteiger partial charge is 0.436 e. The Morgan fingerprint density at radius 1 is 1.04 bits per heavy atom. The van der Waals surface area contributed by atoms with Crippen LogP contribution < -0.4 is 5.32 Å². The SMILES string of the molecule is COCC(Nc1ncnc2oc(-c3ccccc3)c(Br)c12)c1ccccc1. The summed E-state index contributed by atoms with van der Waals surface area (Å²) >= 11 is 3.68. The fourth-order valence-electron chi connectivity index (χ4n) is 3.02. The van der Waals surface area contributed by atoms with Gasteiger partial charge in [0.05, 0.1) is 22.5 Å². The Bertz CT molecular complexity index is 1040. The van der Waals surface area contributed by atoms with E-state index < -0.39 is 0 Å². The zero-order valence-electron chi connectivity index (χ0n) is 14.7. The number of hydrogen-bond donors (Lipinski definition) is 1. The number of anilines is 1. The van der Waals surface area contributed by atoms with Gasteiger partial charge in [-0.3, -0.25) is 0 Å². The minimum atomic E-state index is -0.0451. The van der Waals surface area contributed by atoms with Crippen LogP contribution >= 0.6 is 15.9 Å². The van der Waals surface area contributed by atoms with Crippen LogP contribution in [0.4, 0.5) is 5.82 Å². The standard InChI is InChI=1S/C21H18BrN3O2/c1-26-12-16(14-8-4-2-5-9-14)25-20-17-18(22)19(15-10-6-3-7-11-15)27-21(17)24-13-23-20/h2-11,13,16H,12H2,1H3,(H,23,24,25). The van der Waals surface area contributed by atoms with Gasteiger partial charge < -0.3 is 14.5 Å². The molecule has 2 aromatic heterocycles. The number of halogens is 1. The molecule has 0 aliphatic heterocycles. The second-order valence-corrected chi connectivity index (χ2v) is 6.87. The van der Waals surface area contributed by atoms with E-state index in [1.165, 1.54) is 6.33 Å². The maximum absolute atomic E-state index is 6.00. The molecule has 0 fully saturated rings. The molecule has 27 heavy (non-hydrogen) atoms. The molecule has 136 valence electrons. The lowest BCUT2D eigenvalue weighted by molar-refractivity contribution is 0.186. The minimum absolute atomic E-state index is 0.0451. The minimum Gasteiger partial charge on any atom is -0.436 e. The maximum atomic E-state index is 6.00. The van der Waals surface area contributed by atoms with E-state index in [0.717, 1.165) is 26.7 Å². The molecule has 0 spiro atoms. The van der Waals surface area contributed by atoms with Crippen molar-refractivity contribution in [3.05, 3.63) is 77.0 Å². The Morgan fingerprint density at radius 2 is 1.74 bits per heavy atom. The van der Waals surface area contributed by atoms with Crippen molar-refractivity contribution in [1.29, 1.82) is 0 Å². The van der Waals surface area contributed by atoms with Gasteiger partial charge in [0.2, 0.25) is 5.71 Å². The molecule has 0 bridgehead atoms. The Balaban J connectivity index is 1.77.